The Morgan fingerprint density at radius 3 is 2.79 bits per heavy atom. The van der Waals surface area contributed by atoms with Crippen molar-refractivity contribution in [2.75, 3.05) is 0 Å². The van der Waals surface area contributed by atoms with Crippen molar-refractivity contribution in [2.45, 2.75) is 12.6 Å². The Labute approximate surface area is 140 Å². The van der Waals surface area contributed by atoms with E-state index < -0.39 is 6.10 Å². The first-order valence-electron chi connectivity index (χ1n) is 7.93. The number of hydrogen-bond acceptors (Lipinski definition) is 3. The number of allylic oxidation sites excluding steroid dienone is 2. The Morgan fingerprint density at radius 1 is 1.04 bits per heavy atom. The zero-order valence-corrected chi connectivity index (χ0v) is 13.1. The minimum atomic E-state index is -0.719. The largest absolute Gasteiger partial charge is 0.464 e. The summed E-state index contributed by atoms with van der Waals surface area (Å²) in [6.45, 7) is 0.561. The molecule has 0 fully saturated rings. The number of aliphatic hydroxyl groups is 1. The van der Waals surface area contributed by atoms with Gasteiger partial charge >= 0.3 is 0 Å². The van der Waals surface area contributed by atoms with E-state index in [2.05, 4.69) is 4.99 Å². The van der Waals surface area contributed by atoms with Crippen LogP contribution in [0.3, 0.4) is 0 Å². The van der Waals surface area contributed by atoms with Crippen LogP contribution >= 0.6 is 0 Å². The maximum absolute atomic E-state index is 10.7. The monoisotopic (exact) mass is 315 g/mol. The smallest absolute Gasteiger partial charge is 0.133 e. The highest BCUT2D eigenvalue weighted by Crippen LogP contribution is 2.27. The SMILES string of the molecule is OC1C(c2ccc3occc3c2)=CC=CC1=NCc1ccccc1. The normalized spacial score (nSPS) is 19.0. The van der Waals surface area contributed by atoms with Crippen LogP contribution < -0.4 is 0 Å². The number of hydrogen-bond donors (Lipinski definition) is 1. The van der Waals surface area contributed by atoms with Gasteiger partial charge in [-0.25, -0.2) is 0 Å². The van der Waals surface area contributed by atoms with Crippen LogP contribution in [0.15, 0.2) is 88.5 Å². The van der Waals surface area contributed by atoms with E-state index in [0.29, 0.717) is 12.3 Å². The molecule has 4 rings (SSSR count). The number of benzene rings is 2. The molecule has 118 valence electrons. The van der Waals surface area contributed by atoms with Gasteiger partial charge in [-0.15, -0.1) is 0 Å². The van der Waals surface area contributed by atoms with E-state index in [4.69, 9.17) is 4.42 Å². The molecule has 2 aromatic carbocycles. The first kappa shape index (κ1) is 14.7. The summed E-state index contributed by atoms with van der Waals surface area (Å²) >= 11 is 0. The summed E-state index contributed by atoms with van der Waals surface area (Å²) in [5.41, 5.74) is 4.49. The van der Waals surface area contributed by atoms with E-state index in [1.165, 1.54) is 0 Å². The molecule has 1 atom stereocenters. The average Bonchev–Trinajstić information content (AvgIpc) is 3.09. The lowest BCUT2D eigenvalue weighted by Crippen LogP contribution is -2.22. The average molecular weight is 315 g/mol. The maximum Gasteiger partial charge on any atom is 0.133 e. The highest BCUT2D eigenvalue weighted by Gasteiger charge is 2.20. The molecule has 1 aromatic heterocycles. The fourth-order valence-corrected chi connectivity index (χ4v) is 2.90. The van der Waals surface area contributed by atoms with Crippen LogP contribution in [-0.2, 0) is 6.54 Å². The molecule has 0 saturated heterocycles. The zero-order valence-electron chi connectivity index (χ0n) is 13.1. The topological polar surface area (TPSA) is 45.7 Å². The number of nitrogens with zero attached hydrogens (tertiary/aromatic N) is 1. The standard InChI is InChI=1S/C21H17NO2/c23-21-18(16-9-10-20-17(13-16)11-12-24-20)7-4-8-19(21)22-14-15-5-2-1-3-6-15/h1-13,21,23H,14H2. The molecule has 0 amide bonds. The van der Waals surface area contributed by atoms with E-state index in [1.54, 1.807) is 6.26 Å². The fourth-order valence-electron chi connectivity index (χ4n) is 2.90. The number of aliphatic imine (C=N–C) groups is 1. The third kappa shape index (κ3) is 2.82. The first-order chi connectivity index (χ1) is 11.8. The van der Waals surface area contributed by atoms with Gasteiger partial charge in [-0.05, 0) is 41.0 Å². The third-order valence-corrected chi connectivity index (χ3v) is 4.19. The van der Waals surface area contributed by atoms with Gasteiger partial charge in [0.05, 0.1) is 18.5 Å². The molecule has 3 aromatic rings. The Hall–Kier alpha value is -2.91. The lowest BCUT2D eigenvalue weighted by Gasteiger charge is -2.19. The molecular formula is C21H17NO2. The van der Waals surface area contributed by atoms with Crippen molar-refractivity contribution in [3.8, 4) is 0 Å². The molecule has 0 aliphatic heterocycles. The van der Waals surface area contributed by atoms with Crippen molar-refractivity contribution in [1.82, 2.24) is 0 Å². The second-order valence-corrected chi connectivity index (χ2v) is 5.78. The molecule has 1 aliphatic carbocycles. The van der Waals surface area contributed by atoms with E-state index in [-0.39, 0.29) is 0 Å². The molecule has 0 bridgehead atoms. The first-order valence-corrected chi connectivity index (χ1v) is 7.93. The van der Waals surface area contributed by atoms with Gasteiger partial charge in [0.2, 0.25) is 0 Å². The second kappa shape index (κ2) is 6.30. The van der Waals surface area contributed by atoms with Crippen molar-refractivity contribution in [3.05, 3.63) is 90.2 Å². The minimum Gasteiger partial charge on any atom is -0.464 e. The summed E-state index contributed by atoms with van der Waals surface area (Å²) in [5, 5.41) is 11.7. The molecular weight excluding hydrogens is 298 g/mol. The van der Waals surface area contributed by atoms with E-state index in [0.717, 1.165) is 27.7 Å². The maximum atomic E-state index is 10.7. The van der Waals surface area contributed by atoms with E-state index >= 15 is 0 Å². The lowest BCUT2D eigenvalue weighted by atomic mass is 9.92. The van der Waals surface area contributed by atoms with Crippen molar-refractivity contribution in [2.24, 2.45) is 4.99 Å². The lowest BCUT2D eigenvalue weighted by molar-refractivity contribution is 0.297. The molecule has 3 heteroatoms. The van der Waals surface area contributed by atoms with Crippen molar-refractivity contribution in [3.63, 3.8) is 0 Å². The van der Waals surface area contributed by atoms with Crippen LogP contribution in [0.5, 0.6) is 0 Å². The molecule has 1 aliphatic rings. The van der Waals surface area contributed by atoms with Gasteiger partial charge in [0.1, 0.15) is 11.7 Å². The molecule has 1 N–H and O–H groups in total. The molecule has 0 radical (unpaired) electrons. The van der Waals surface area contributed by atoms with E-state index in [1.807, 2.05) is 72.8 Å². The Balaban J connectivity index is 1.61. The van der Waals surface area contributed by atoms with Crippen LogP contribution in [0.1, 0.15) is 11.1 Å². The number of fused-ring (bicyclic) bond motifs is 1. The van der Waals surface area contributed by atoms with Crippen LogP contribution in [0, 0.1) is 0 Å². The Kier molecular flexibility index (Phi) is 3.85. The van der Waals surface area contributed by atoms with Gasteiger partial charge in [-0.1, -0.05) is 48.6 Å². The van der Waals surface area contributed by atoms with Gasteiger partial charge in [-0.3, -0.25) is 4.99 Å². The summed E-state index contributed by atoms with van der Waals surface area (Å²) < 4.78 is 5.38. The molecule has 24 heavy (non-hydrogen) atoms. The third-order valence-electron chi connectivity index (χ3n) is 4.19. The number of aliphatic hydroxyl groups excluding tert-OH is 1. The van der Waals surface area contributed by atoms with Gasteiger partial charge in [-0.2, -0.15) is 0 Å². The Morgan fingerprint density at radius 2 is 1.92 bits per heavy atom. The zero-order chi connectivity index (χ0) is 16.4. The summed E-state index contributed by atoms with van der Waals surface area (Å²) in [5.74, 6) is 0. The Bertz CT molecular complexity index is 948. The summed E-state index contributed by atoms with van der Waals surface area (Å²) in [4.78, 5) is 4.58. The van der Waals surface area contributed by atoms with Crippen molar-refractivity contribution in [1.29, 1.82) is 0 Å². The van der Waals surface area contributed by atoms with Crippen LogP contribution in [0.4, 0.5) is 0 Å². The minimum absolute atomic E-state index is 0.561. The van der Waals surface area contributed by atoms with Crippen molar-refractivity contribution < 1.29 is 9.52 Å². The number of rotatable bonds is 3. The second-order valence-electron chi connectivity index (χ2n) is 5.78. The van der Waals surface area contributed by atoms with Crippen LogP contribution in [-0.4, -0.2) is 16.9 Å². The summed E-state index contributed by atoms with van der Waals surface area (Å²) in [6, 6.07) is 17.9. The van der Waals surface area contributed by atoms with Gasteiger partial charge < -0.3 is 9.52 Å². The van der Waals surface area contributed by atoms with Gasteiger partial charge in [0, 0.05) is 5.39 Å². The highest BCUT2D eigenvalue weighted by atomic mass is 16.3. The van der Waals surface area contributed by atoms with Crippen LogP contribution in [0.2, 0.25) is 0 Å². The quantitative estimate of drug-likeness (QED) is 0.779. The molecule has 0 saturated carbocycles. The number of furan rings is 1. The molecule has 1 heterocycles. The highest BCUT2D eigenvalue weighted by molar-refractivity contribution is 6.09. The van der Waals surface area contributed by atoms with Crippen molar-refractivity contribution >= 4 is 22.3 Å². The summed E-state index contributed by atoms with van der Waals surface area (Å²) in [7, 11) is 0. The van der Waals surface area contributed by atoms with Gasteiger partial charge in [0.25, 0.3) is 0 Å². The van der Waals surface area contributed by atoms with Gasteiger partial charge in [0.15, 0.2) is 0 Å². The molecule has 0 spiro atoms. The predicted molar refractivity (Wildman–Crippen MR) is 96.9 cm³/mol. The predicted octanol–water partition coefficient (Wildman–Crippen LogP) is 4.39. The fraction of sp³-hybridized carbons (Fsp3) is 0.0952. The summed E-state index contributed by atoms with van der Waals surface area (Å²) in [6.07, 6.45) is 6.70. The molecule has 1 unspecified atom stereocenters. The van der Waals surface area contributed by atoms with E-state index in [9.17, 15) is 5.11 Å². The molecule has 3 nitrogen and oxygen atoms in total. The van der Waals surface area contributed by atoms with Crippen LogP contribution in [0.25, 0.3) is 16.5 Å².